The van der Waals surface area contributed by atoms with E-state index in [1.165, 1.54) is 0 Å². The molecule has 3 N–H and O–H groups in total. The van der Waals surface area contributed by atoms with Gasteiger partial charge in [-0.15, -0.1) is 0 Å². The van der Waals surface area contributed by atoms with Crippen LogP contribution in [-0.4, -0.2) is 52.6 Å². The minimum Gasteiger partial charge on any atom is -0.388 e. The van der Waals surface area contributed by atoms with E-state index in [9.17, 15) is 15.3 Å². The largest absolute Gasteiger partial charge is 0.388 e. The Morgan fingerprint density at radius 2 is 1.79 bits per heavy atom. The topological polar surface area (TPSA) is 79.2 Å². The zero-order chi connectivity index (χ0) is 10.7. The van der Waals surface area contributed by atoms with E-state index in [1.54, 1.807) is 6.92 Å². The van der Waals surface area contributed by atoms with Crippen LogP contribution in [-0.2, 0) is 9.47 Å². The lowest BCUT2D eigenvalue weighted by Gasteiger charge is -2.38. The van der Waals surface area contributed by atoms with Gasteiger partial charge in [0.2, 0.25) is 0 Å². The summed E-state index contributed by atoms with van der Waals surface area (Å²) in [5.74, 6) is 0. The zero-order valence-corrected chi connectivity index (χ0v) is 8.46. The molecular formula is C9H18O5. The third-order valence-electron chi connectivity index (χ3n) is 2.29. The van der Waals surface area contributed by atoms with Crippen molar-refractivity contribution in [3.05, 3.63) is 0 Å². The minimum atomic E-state index is -1.21. The summed E-state index contributed by atoms with van der Waals surface area (Å²) in [6, 6.07) is 0. The number of rotatable bonds is 3. The second-order valence-corrected chi connectivity index (χ2v) is 3.55. The number of hydrogen-bond acceptors (Lipinski definition) is 5. The minimum absolute atomic E-state index is 0.456. The Hall–Kier alpha value is -0.200. The molecule has 1 aliphatic heterocycles. The van der Waals surface area contributed by atoms with Crippen LogP contribution in [0.15, 0.2) is 0 Å². The van der Waals surface area contributed by atoms with Gasteiger partial charge in [0.15, 0.2) is 6.29 Å². The van der Waals surface area contributed by atoms with Crippen molar-refractivity contribution < 1.29 is 24.8 Å². The van der Waals surface area contributed by atoms with E-state index in [0.717, 1.165) is 6.42 Å². The predicted molar refractivity (Wildman–Crippen MR) is 48.6 cm³/mol. The van der Waals surface area contributed by atoms with Crippen LogP contribution >= 0.6 is 0 Å². The zero-order valence-electron chi connectivity index (χ0n) is 8.46. The molecule has 0 aromatic carbocycles. The van der Waals surface area contributed by atoms with Gasteiger partial charge in [-0.25, -0.2) is 0 Å². The molecule has 1 aliphatic rings. The van der Waals surface area contributed by atoms with Crippen LogP contribution in [0.3, 0.4) is 0 Å². The molecule has 5 heteroatoms. The van der Waals surface area contributed by atoms with Gasteiger partial charge in [-0.1, -0.05) is 6.92 Å². The van der Waals surface area contributed by atoms with Crippen molar-refractivity contribution in [3.63, 3.8) is 0 Å². The van der Waals surface area contributed by atoms with Crippen molar-refractivity contribution in [3.8, 4) is 0 Å². The molecule has 1 saturated heterocycles. The third kappa shape index (κ3) is 2.43. The molecule has 1 fully saturated rings. The molecule has 0 saturated carbocycles. The molecule has 14 heavy (non-hydrogen) atoms. The Morgan fingerprint density at radius 1 is 1.14 bits per heavy atom. The summed E-state index contributed by atoms with van der Waals surface area (Å²) >= 11 is 0. The average molecular weight is 206 g/mol. The maximum Gasteiger partial charge on any atom is 0.186 e. The summed E-state index contributed by atoms with van der Waals surface area (Å²) in [6.07, 6.45) is -4.03. The normalized spacial score (nSPS) is 43.9. The summed E-state index contributed by atoms with van der Waals surface area (Å²) in [7, 11) is 0. The van der Waals surface area contributed by atoms with Gasteiger partial charge in [0.1, 0.15) is 18.3 Å². The number of aliphatic hydroxyl groups is 3. The van der Waals surface area contributed by atoms with E-state index in [2.05, 4.69) is 0 Å². The molecule has 84 valence electrons. The van der Waals surface area contributed by atoms with Crippen LogP contribution < -0.4 is 0 Å². The van der Waals surface area contributed by atoms with Crippen molar-refractivity contribution in [2.24, 2.45) is 0 Å². The molecule has 0 spiro atoms. The summed E-state index contributed by atoms with van der Waals surface area (Å²) in [5.41, 5.74) is 0. The summed E-state index contributed by atoms with van der Waals surface area (Å²) in [5, 5.41) is 28.3. The number of ether oxygens (including phenoxy) is 2. The predicted octanol–water partition coefficient (Wildman–Crippen LogP) is -0.760. The SMILES string of the molecule is CCCOC1OC(C)C(O)C(O)C1O. The highest BCUT2D eigenvalue weighted by molar-refractivity contribution is 4.86. The monoisotopic (exact) mass is 206 g/mol. The van der Waals surface area contributed by atoms with Crippen molar-refractivity contribution in [1.29, 1.82) is 0 Å². The van der Waals surface area contributed by atoms with Crippen molar-refractivity contribution in [2.75, 3.05) is 6.61 Å². The average Bonchev–Trinajstić information content (AvgIpc) is 2.18. The molecule has 0 amide bonds. The first-order chi connectivity index (χ1) is 6.57. The molecule has 1 heterocycles. The van der Waals surface area contributed by atoms with Gasteiger partial charge in [0.25, 0.3) is 0 Å². The fourth-order valence-electron chi connectivity index (χ4n) is 1.39. The maximum absolute atomic E-state index is 9.49. The van der Waals surface area contributed by atoms with Crippen LogP contribution in [0.2, 0.25) is 0 Å². The van der Waals surface area contributed by atoms with Crippen LogP contribution in [0.5, 0.6) is 0 Å². The maximum atomic E-state index is 9.49. The second kappa shape index (κ2) is 5.04. The molecular weight excluding hydrogens is 188 g/mol. The van der Waals surface area contributed by atoms with Gasteiger partial charge >= 0.3 is 0 Å². The van der Waals surface area contributed by atoms with E-state index in [0.29, 0.717) is 6.61 Å². The molecule has 5 nitrogen and oxygen atoms in total. The van der Waals surface area contributed by atoms with Crippen LogP contribution in [0.1, 0.15) is 20.3 Å². The quantitative estimate of drug-likeness (QED) is 0.565. The molecule has 0 bridgehead atoms. The van der Waals surface area contributed by atoms with Crippen molar-refractivity contribution in [1.82, 2.24) is 0 Å². The molecule has 5 atom stereocenters. The van der Waals surface area contributed by atoms with Crippen molar-refractivity contribution >= 4 is 0 Å². The third-order valence-corrected chi connectivity index (χ3v) is 2.29. The van der Waals surface area contributed by atoms with E-state index in [4.69, 9.17) is 9.47 Å². The fraction of sp³-hybridized carbons (Fsp3) is 1.00. The smallest absolute Gasteiger partial charge is 0.186 e. The van der Waals surface area contributed by atoms with Gasteiger partial charge in [0.05, 0.1) is 6.10 Å². The molecule has 0 aromatic heterocycles. The van der Waals surface area contributed by atoms with E-state index >= 15 is 0 Å². The standard InChI is InChI=1S/C9H18O5/c1-3-4-13-9-8(12)7(11)6(10)5(2)14-9/h5-12H,3-4H2,1-2H3. The fourth-order valence-corrected chi connectivity index (χ4v) is 1.39. The van der Waals surface area contributed by atoms with Crippen LogP contribution in [0.25, 0.3) is 0 Å². The number of aliphatic hydroxyl groups excluding tert-OH is 3. The van der Waals surface area contributed by atoms with Gasteiger partial charge in [-0.05, 0) is 13.3 Å². The van der Waals surface area contributed by atoms with Gasteiger partial charge < -0.3 is 24.8 Å². The molecule has 5 unspecified atom stereocenters. The van der Waals surface area contributed by atoms with E-state index in [1.807, 2.05) is 6.92 Å². The molecule has 0 aromatic rings. The molecule has 1 rings (SSSR count). The summed E-state index contributed by atoms with van der Waals surface area (Å²) < 4.78 is 10.4. The lowest BCUT2D eigenvalue weighted by atomic mass is 10.0. The van der Waals surface area contributed by atoms with Gasteiger partial charge in [-0.2, -0.15) is 0 Å². The Labute approximate surface area is 83.3 Å². The highest BCUT2D eigenvalue weighted by Crippen LogP contribution is 2.21. The Balaban J connectivity index is 2.52. The van der Waals surface area contributed by atoms with Gasteiger partial charge in [0, 0.05) is 6.61 Å². The van der Waals surface area contributed by atoms with E-state index in [-0.39, 0.29) is 0 Å². The first-order valence-electron chi connectivity index (χ1n) is 4.89. The first-order valence-corrected chi connectivity index (χ1v) is 4.89. The van der Waals surface area contributed by atoms with Crippen LogP contribution in [0.4, 0.5) is 0 Å². The lowest BCUT2D eigenvalue weighted by molar-refractivity contribution is -0.293. The highest BCUT2D eigenvalue weighted by Gasteiger charge is 2.42. The van der Waals surface area contributed by atoms with Crippen molar-refractivity contribution in [2.45, 2.75) is 51.0 Å². The van der Waals surface area contributed by atoms with Gasteiger partial charge in [-0.3, -0.25) is 0 Å². The lowest BCUT2D eigenvalue weighted by Crippen LogP contribution is -2.57. The summed E-state index contributed by atoms with van der Waals surface area (Å²) in [6.45, 7) is 4.02. The molecule has 0 radical (unpaired) electrons. The second-order valence-electron chi connectivity index (χ2n) is 3.55. The molecule has 0 aliphatic carbocycles. The Bertz CT molecular complexity index is 175. The summed E-state index contributed by atoms with van der Waals surface area (Å²) in [4.78, 5) is 0. The first kappa shape index (κ1) is 11.9. The number of hydrogen-bond donors (Lipinski definition) is 3. The van der Waals surface area contributed by atoms with E-state index < -0.39 is 30.7 Å². The van der Waals surface area contributed by atoms with Crippen LogP contribution in [0, 0.1) is 0 Å². The Morgan fingerprint density at radius 3 is 2.36 bits per heavy atom. The highest BCUT2D eigenvalue weighted by atomic mass is 16.7. The Kier molecular flexibility index (Phi) is 4.28.